The van der Waals surface area contributed by atoms with Gasteiger partial charge in [0, 0.05) is 31.3 Å². The highest BCUT2D eigenvalue weighted by Gasteiger charge is 2.23. The van der Waals surface area contributed by atoms with Crippen molar-refractivity contribution in [3.63, 3.8) is 0 Å². The van der Waals surface area contributed by atoms with Crippen LogP contribution >= 0.6 is 0 Å². The number of hydrogen-bond donors (Lipinski definition) is 0. The number of rotatable bonds is 7. The molecule has 0 saturated carbocycles. The van der Waals surface area contributed by atoms with Crippen LogP contribution in [0.2, 0.25) is 0 Å². The molecule has 1 aromatic carbocycles. The van der Waals surface area contributed by atoms with Crippen LogP contribution in [0.15, 0.2) is 18.2 Å². The second kappa shape index (κ2) is 7.68. The standard InChI is InChI=1S/C14H19FN2O4/c1-4-10(2)16(7-8-21-3)14(18)11-5-6-12(15)13(9-11)17(19)20/h5-6,9-10H,4,7-8H2,1-3H3. The molecule has 0 aliphatic heterocycles. The Kier molecular flexibility index (Phi) is 6.23. The zero-order chi connectivity index (χ0) is 16.0. The summed E-state index contributed by atoms with van der Waals surface area (Å²) in [5.74, 6) is -1.33. The number of hydrogen-bond acceptors (Lipinski definition) is 4. The van der Waals surface area contributed by atoms with Crippen molar-refractivity contribution >= 4 is 11.6 Å². The van der Waals surface area contributed by atoms with Crippen LogP contribution in [0.4, 0.5) is 10.1 Å². The summed E-state index contributed by atoms with van der Waals surface area (Å²) in [5.41, 5.74) is -0.601. The average molecular weight is 298 g/mol. The van der Waals surface area contributed by atoms with Crippen molar-refractivity contribution in [2.75, 3.05) is 20.3 Å². The van der Waals surface area contributed by atoms with E-state index in [4.69, 9.17) is 4.74 Å². The first-order valence-corrected chi connectivity index (χ1v) is 6.66. The highest BCUT2D eigenvalue weighted by atomic mass is 19.1. The maximum absolute atomic E-state index is 13.3. The van der Waals surface area contributed by atoms with Crippen molar-refractivity contribution in [3.8, 4) is 0 Å². The Hall–Kier alpha value is -2.02. The van der Waals surface area contributed by atoms with Gasteiger partial charge in [0.25, 0.3) is 5.91 Å². The lowest BCUT2D eigenvalue weighted by Crippen LogP contribution is -2.40. The number of carbonyl (C=O) groups is 1. The average Bonchev–Trinajstić information content (AvgIpc) is 2.47. The largest absolute Gasteiger partial charge is 0.383 e. The molecule has 0 aliphatic rings. The van der Waals surface area contributed by atoms with Crippen molar-refractivity contribution in [2.45, 2.75) is 26.3 Å². The van der Waals surface area contributed by atoms with Gasteiger partial charge in [0.1, 0.15) is 0 Å². The molecule has 116 valence electrons. The Labute approximate surface area is 122 Å². The smallest absolute Gasteiger partial charge is 0.305 e. The minimum absolute atomic E-state index is 0.0447. The minimum Gasteiger partial charge on any atom is -0.383 e. The van der Waals surface area contributed by atoms with Crippen LogP contribution < -0.4 is 0 Å². The number of nitro groups is 1. The van der Waals surface area contributed by atoms with E-state index in [1.165, 1.54) is 13.2 Å². The molecular formula is C14H19FN2O4. The third-order valence-electron chi connectivity index (χ3n) is 3.31. The first-order chi connectivity index (χ1) is 9.92. The number of methoxy groups -OCH3 is 1. The summed E-state index contributed by atoms with van der Waals surface area (Å²) in [7, 11) is 1.53. The second-order valence-electron chi connectivity index (χ2n) is 4.67. The number of carbonyl (C=O) groups excluding carboxylic acids is 1. The molecule has 6 nitrogen and oxygen atoms in total. The summed E-state index contributed by atoms with van der Waals surface area (Å²) in [6.07, 6.45) is 0.735. The van der Waals surface area contributed by atoms with Gasteiger partial charge in [0.15, 0.2) is 0 Å². The van der Waals surface area contributed by atoms with Gasteiger partial charge in [-0.1, -0.05) is 6.92 Å². The van der Waals surface area contributed by atoms with E-state index in [-0.39, 0.29) is 17.5 Å². The van der Waals surface area contributed by atoms with Crippen molar-refractivity contribution < 1.29 is 18.8 Å². The van der Waals surface area contributed by atoms with Gasteiger partial charge in [-0.05, 0) is 25.5 Å². The first-order valence-electron chi connectivity index (χ1n) is 6.66. The van der Waals surface area contributed by atoms with Crippen LogP contribution in [0.25, 0.3) is 0 Å². The number of benzene rings is 1. The van der Waals surface area contributed by atoms with Crippen LogP contribution in [0, 0.1) is 15.9 Å². The molecule has 0 spiro atoms. The lowest BCUT2D eigenvalue weighted by atomic mass is 10.1. The lowest BCUT2D eigenvalue weighted by molar-refractivity contribution is -0.387. The molecule has 0 aromatic heterocycles. The summed E-state index contributed by atoms with van der Waals surface area (Å²) in [5, 5.41) is 10.7. The maximum Gasteiger partial charge on any atom is 0.305 e. The van der Waals surface area contributed by atoms with E-state index in [1.807, 2.05) is 13.8 Å². The second-order valence-corrected chi connectivity index (χ2v) is 4.67. The molecule has 1 rings (SSSR count). The molecule has 0 N–H and O–H groups in total. The summed E-state index contributed by atoms with van der Waals surface area (Å²) < 4.78 is 18.3. The third-order valence-corrected chi connectivity index (χ3v) is 3.31. The van der Waals surface area contributed by atoms with E-state index in [0.29, 0.717) is 13.2 Å². The Balaban J connectivity index is 3.08. The third kappa shape index (κ3) is 4.22. The molecule has 21 heavy (non-hydrogen) atoms. The van der Waals surface area contributed by atoms with Gasteiger partial charge in [-0.25, -0.2) is 0 Å². The molecule has 0 fully saturated rings. The maximum atomic E-state index is 13.3. The molecule has 1 aromatic rings. The summed E-state index contributed by atoms with van der Waals surface area (Å²) in [6.45, 7) is 4.55. The van der Waals surface area contributed by atoms with E-state index >= 15 is 0 Å². The van der Waals surface area contributed by atoms with Crippen LogP contribution in [0.5, 0.6) is 0 Å². The Bertz CT molecular complexity index is 522. The fourth-order valence-electron chi connectivity index (χ4n) is 1.88. The molecule has 0 radical (unpaired) electrons. The molecule has 0 saturated heterocycles. The fraction of sp³-hybridized carbons (Fsp3) is 0.500. The van der Waals surface area contributed by atoms with Gasteiger partial charge >= 0.3 is 5.69 Å². The molecule has 0 aliphatic carbocycles. The normalized spacial score (nSPS) is 12.0. The van der Waals surface area contributed by atoms with Crippen molar-refractivity contribution in [3.05, 3.63) is 39.7 Å². The quantitative estimate of drug-likeness (QED) is 0.573. The van der Waals surface area contributed by atoms with Gasteiger partial charge in [0.05, 0.1) is 11.5 Å². The van der Waals surface area contributed by atoms with Gasteiger partial charge in [-0.15, -0.1) is 0 Å². The molecule has 1 unspecified atom stereocenters. The number of amides is 1. The van der Waals surface area contributed by atoms with E-state index < -0.39 is 16.4 Å². The molecule has 0 heterocycles. The number of nitrogens with zero attached hydrogens (tertiary/aromatic N) is 2. The zero-order valence-electron chi connectivity index (χ0n) is 12.3. The van der Waals surface area contributed by atoms with Crippen molar-refractivity contribution in [2.24, 2.45) is 0 Å². The molecular weight excluding hydrogens is 279 g/mol. The van der Waals surface area contributed by atoms with Crippen LogP contribution in [0.1, 0.15) is 30.6 Å². The van der Waals surface area contributed by atoms with E-state index in [2.05, 4.69) is 0 Å². The number of halogens is 1. The van der Waals surface area contributed by atoms with E-state index in [9.17, 15) is 19.3 Å². The number of nitro benzene ring substituents is 1. The lowest BCUT2D eigenvalue weighted by Gasteiger charge is -2.28. The predicted molar refractivity (Wildman–Crippen MR) is 75.7 cm³/mol. The van der Waals surface area contributed by atoms with Crippen molar-refractivity contribution in [1.82, 2.24) is 4.90 Å². The van der Waals surface area contributed by atoms with Gasteiger partial charge in [0.2, 0.25) is 5.82 Å². The topological polar surface area (TPSA) is 72.7 Å². The molecule has 1 atom stereocenters. The highest BCUT2D eigenvalue weighted by Crippen LogP contribution is 2.20. The SMILES string of the molecule is CCC(C)N(CCOC)C(=O)c1ccc(F)c([N+](=O)[O-])c1. The molecule has 0 bridgehead atoms. The monoisotopic (exact) mass is 298 g/mol. The van der Waals surface area contributed by atoms with Crippen LogP contribution in [0.3, 0.4) is 0 Å². The summed E-state index contributed by atoms with van der Waals surface area (Å²) in [6, 6.07) is 3.13. The van der Waals surface area contributed by atoms with Gasteiger partial charge < -0.3 is 9.64 Å². The molecule has 7 heteroatoms. The van der Waals surface area contributed by atoms with Crippen molar-refractivity contribution in [1.29, 1.82) is 0 Å². The Morgan fingerprint density at radius 3 is 2.71 bits per heavy atom. The minimum atomic E-state index is -0.955. The predicted octanol–water partition coefficient (Wildman–Crippen LogP) is 2.62. The fourth-order valence-corrected chi connectivity index (χ4v) is 1.88. The van der Waals surface area contributed by atoms with Crippen LogP contribution in [-0.4, -0.2) is 42.0 Å². The summed E-state index contributed by atoms with van der Waals surface area (Å²) >= 11 is 0. The van der Waals surface area contributed by atoms with Gasteiger partial charge in [-0.3, -0.25) is 14.9 Å². The zero-order valence-corrected chi connectivity index (χ0v) is 12.3. The van der Waals surface area contributed by atoms with E-state index in [1.54, 1.807) is 4.90 Å². The molecule has 1 amide bonds. The number of ether oxygens (including phenoxy) is 1. The van der Waals surface area contributed by atoms with Gasteiger partial charge in [-0.2, -0.15) is 4.39 Å². The van der Waals surface area contributed by atoms with Crippen LogP contribution in [-0.2, 0) is 4.74 Å². The summed E-state index contributed by atoms with van der Waals surface area (Å²) in [4.78, 5) is 23.9. The Morgan fingerprint density at radius 2 is 2.19 bits per heavy atom. The highest BCUT2D eigenvalue weighted by molar-refractivity contribution is 5.95. The first kappa shape index (κ1) is 17.0. The Morgan fingerprint density at radius 1 is 1.52 bits per heavy atom. The van der Waals surface area contributed by atoms with E-state index in [0.717, 1.165) is 18.6 Å².